The number of nitrogens with one attached hydrogen (secondary N) is 1. The van der Waals surface area contributed by atoms with Crippen molar-refractivity contribution in [1.82, 2.24) is 14.3 Å². The SMILES string of the molecule is Cc1nc(NCc2cccc(C(F)(F)F)c2C)c2cc(P3CCN(S(C)=O)CC3)ccc2n1. The molecule has 1 aromatic heterocycles. The Morgan fingerprint density at radius 1 is 1.12 bits per heavy atom. The molecule has 3 aromatic rings. The van der Waals surface area contributed by atoms with Gasteiger partial charge in [-0.2, -0.15) is 13.2 Å². The molecule has 1 atom stereocenters. The van der Waals surface area contributed by atoms with Crippen molar-refractivity contribution in [2.75, 3.05) is 37.0 Å². The zero-order valence-electron chi connectivity index (χ0n) is 18.7. The Hall–Kier alpha value is -2.09. The van der Waals surface area contributed by atoms with Crippen LogP contribution in [0.2, 0.25) is 0 Å². The average Bonchev–Trinajstić information content (AvgIpc) is 2.77. The maximum absolute atomic E-state index is 13.3. The zero-order valence-corrected chi connectivity index (χ0v) is 20.4. The minimum absolute atomic E-state index is 0.219. The fourth-order valence-corrected chi connectivity index (χ4v) is 7.40. The van der Waals surface area contributed by atoms with E-state index < -0.39 is 22.7 Å². The van der Waals surface area contributed by atoms with Gasteiger partial charge >= 0.3 is 6.18 Å². The van der Waals surface area contributed by atoms with Crippen molar-refractivity contribution in [3.05, 3.63) is 58.9 Å². The van der Waals surface area contributed by atoms with Crippen LogP contribution in [0.25, 0.3) is 10.9 Å². The number of halogens is 3. The molecule has 1 saturated heterocycles. The summed E-state index contributed by atoms with van der Waals surface area (Å²) in [6, 6.07) is 10.5. The molecule has 0 aliphatic carbocycles. The normalized spacial score (nSPS) is 16.8. The number of alkyl halides is 3. The molecule has 5 nitrogen and oxygen atoms in total. The molecule has 0 amide bonds. The maximum Gasteiger partial charge on any atom is 0.416 e. The van der Waals surface area contributed by atoms with Crippen LogP contribution in [0.5, 0.6) is 0 Å². The second-order valence-electron chi connectivity index (χ2n) is 8.10. The predicted molar refractivity (Wildman–Crippen MR) is 130 cm³/mol. The van der Waals surface area contributed by atoms with Gasteiger partial charge in [0.25, 0.3) is 0 Å². The highest BCUT2D eigenvalue weighted by Crippen LogP contribution is 2.38. The second kappa shape index (κ2) is 9.65. The van der Waals surface area contributed by atoms with Crippen molar-refractivity contribution in [1.29, 1.82) is 0 Å². The minimum Gasteiger partial charge on any atom is -0.365 e. The van der Waals surface area contributed by atoms with Gasteiger partial charge in [-0.1, -0.05) is 26.1 Å². The van der Waals surface area contributed by atoms with Crippen LogP contribution in [0, 0.1) is 13.8 Å². The van der Waals surface area contributed by atoms with Crippen LogP contribution in [0.1, 0.15) is 22.5 Å². The van der Waals surface area contributed by atoms with Crippen LogP contribution in [0.15, 0.2) is 36.4 Å². The number of fused-ring (bicyclic) bond motifs is 1. The number of hydrogen-bond donors (Lipinski definition) is 1. The molecule has 0 saturated carbocycles. The highest BCUT2D eigenvalue weighted by atomic mass is 32.2. The summed E-state index contributed by atoms with van der Waals surface area (Å²) < 4.78 is 53.6. The molecule has 1 fully saturated rings. The Bertz CT molecular complexity index is 1200. The van der Waals surface area contributed by atoms with Gasteiger partial charge in [-0.3, -0.25) is 0 Å². The Balaban J connectivity index is 1.60. The van der Waals surface area contributed by atoms with Gasteiger partial charge in [-0.25, -0.2) is 18.5 Å². The Morgan fingerprint density at radius 2 is 1.85 bits per heavy atom. The summed E-state index contributed by atoms with van der Waals surface area (Å²) in [6.07, 6.45) is -0.693. The fourth-order valence-electron chi connectivity index (χ4n) is 4.13. The highest BCUT2D eigenvalue weighted by molar-refractivity contribution is 7.82. The Labute approximate surface area is 195 Å². The number of hydrogen-bond acceptors (Lipinski definition) is 4. The summed E-state index contributed by atoms with van der Waals surface area (Å²) in [4.78, 5) is 9.09. The first-order chi connectivity index (χ1) is 15.6. The van der Waals surface area contributed by atoms with Crippen molar-refractivity contribution in [2.45, 2.75) is 26.6 Å². The van der Waals surface area contributed by atoms with Crippen molar-refractivity contribution >= 4 is 40.9 Å². The number of benzene rings is 2. The number of rotatable bonds is 5. The maximum atomic E-state index is 13.3. The lowest BCUT2D eigenvalue weighted by atomic mass is 10.0. The van der Waals surface area contributed by atoms with Crippen molar-refractivity contribution in [3.8, 4) is 0 Å². The molecular weight excluding hydrogens is 468 g/mol. The number of aryl methyl sites for hydroxylation is 1. The van der Waals surface area contributed by atoms with E-state index in [0.29, 0.717) is 17.2 Å². The van der Waals surface area contributed by atoms with Crippen LogP contribution in [-0.4, -0.2) is 50.2 Å². The summed E-state index contributed by atoms with van der Waals surface area (Å²) in [6.45, 7) is 5.17. The molecule has 10 heteroatoms. The molecule has 0 spiro atoms. The molecule has 0 radical (unpaired) electrons. The fraction of sp³-hybridized carbons (Fsp3) is 0.391. The summed E-state index contributed by atoms with van der Waals surface area (Å²) in [5, 5.41) is 5.36. The van der Waals surface area contributed by atoms with E-state index in [0.717, 1.165) is 42.4 Å². The standard InChI is InChI=1S/C23H26F3N4OPS/c1-15-17(5-4-6-20(15)23(24,25)26)14-27-22-19-13-18(7-8-21(19)28-16(2)29-22)32-11-9-30(10-12-32)33(3)31/h4-8,13H,9-12,14H2,1-3H3,(H,27,28,29). The third kappa shape index (κ3) is 5.36. The van der Waals surface area contributed by atoms with E-state index >= 15 is 0 Å². The monoisotopic (exact) mass is 494 g/mol. The largest absolute Gasteiger partial charge is 0.416 e. The quantitative estimate of drug-likeness (QED) is 0.527. The molecule has 2 heterocycles. The van der Waals surface area contributed by atoms with E-state index in [-0.39, 0.29) is 20.0 Å². The van der Waals surface area contributed by atoms with E-state index in [1.165, 1.54) is 18.3 Å². The van der Waals surface area contributed by atoms with Gasteiger partial charge in [0.2, 0.25) is 0 Å². The molecule has 4 rings (SSSR count). The van der Waals surface area contributed by atoms with E-state index in [1.54, 1.807) is 19.2 Å². The highest BCUT2D eigenvalue weighted by Gasteiger charge is 2.32. The molecule has 0 bridgehead atoms. The first-order valence-corrected chi connectivity index (χ1v) is 13.9. The van der Waals surface area contributed by atoms with E-state index in [4.69, 9.17) is 0 Å². The van der Waals surface area contributed by atoms with Crippen molar-refractivity contribution in [3.63, 3.8) is 0 Å². The van der Waals surface area contributed by atoms with Gasteiger partial charge in [-0.05, 0) is 60.8 Å². The van der Waals surface area contributed by atoms with Gasteiger partial charge in [0.05, 0.1) is 22.1 Å². The minimum atomic E-state index is -4.38. The molecule has 1 aliphatic rings. The van der Waals surface area contributed by atoms with Crippen molar-refractivity contribution in [2.24, 2.45) is 0 Å². The number of nitrogens with zero attached hydrogens (tertiary/aromatic N) is 3. The summed E-state index contributed by atoms with van der Waals surface area (Å²) in [7, 11) is -1.31. The predicted octanol–water partition coefficient (Wildman–Crippen LogP) is 4.59. The first-order valence-electron chi connectivity index (χ1n) is 10.6. The van der Waals surface area contributed by atoms with Crippen LogP contribution in [0.4, 0.5) is 19.0 Å². The van der Waals surface area contributed by atoms with Gasteiger partial charge in [0.15, 0.2) is 0 Å². The average molecular weight is 495 g/mol. The lowest BCUT2D eigenvalue weighted by molar-refractivity contribution is -0.138. The Morgan fingerprint density at radius 3 is 2.52 bits per heavy atom. The third-order valence-corrected chi connectivity index (χ3v) is 9.54. The first kappa shape index (κ1) is 24.0. The molecule has 1 unspecified atom stereocenters. The van der Waals surface area contributed by atoms with Crippen molar-refractivity contribution < 1.29 is 17.4 Å². The van der Waals surface area contributed by atoms with Gasteiger partial charge in [-0.15, -0.1) is 0 Å². The summed E-state index contributed by atoms with van der Waals surface area (Å²) in [5.41, 5.74) is 0.985. The smallest absolute Gasteiger partial charge is 0.365 e. The van der Waals surface area contributed by atoms with Crippen LogP contribution < -0.4 is 10.6 Å². The van der Waals surface area contributed by atoms with Gasteiger partial charge < -0.3 is 5.32 Å². The van der Waals surface area contributed by atoms with E-state index in [1.807, 2.05) is 10.4 Å². The lowest BCUT2D eigenvalue weighted by Gasteiger charge is -2.30. The van der Waals surface area contributed by atoms with E-state index in [9.17, 15) is 17.4 Å². The molecule has 1 N–H and O–H groups in total. The van der Waals surface area contributed by atoms with Crippen LogP contribution >= 0.6 is 7.92 Å². The van der Waals surface area contributed by atoms with Gasteiger partial charge in [0, 0.05) is 31.3 Å². The zero-order chi connectivity index (χ0) is 23.8. The third-order valence-electron chi connectivity index (χ3n) is 5.96. The molecule has 2 aromatic carbocycles. The molecule has 1 aliphatic heterocycles. The second-order valence-corrected chi connectivity index (χ2v) is 12.0. The van der Waals surface area contributed by atoms with Crippen LogP contribution in [0.3, 0.4) is 0 Å². The summed E-state index contributed by atoms with van der Waals surface area (Å²) >= 11 is 0. The topological polar surface area (TPSA) is 58.1 Å². The van der Waals surface area contributed by atoms with Crippen LogP contribution in [-0.2, 0) is 23.7 Å². The Kier molecular flexibility index (Phi) is 7.03. The molecule has 176 valence electrons. The molecule has 33 heavy (non-hydrogen) atoms. The number of anilines is 1. The lowest BCUT2D eigenvalue weighted by Crippen LogP contribution is -2.36. The summed E-state index contributed by atoms with van der Waals surface area (Å²) in [5.74, 6) is 1.22. The molecular formula is C23H26F3N4OPS. The number of aromatic nitrogens is 2. The van der Waals surface area contributed by atoms with Gasteiger partial charge in [0.1, 0.15) is 11.6 Å². The van der Waals surface area contributed by atoms with E-state index in [2.05, 4.69) is 27.4 Å².